The summed E-state index contributed by atoms with van der Waals surface area (Å²) in [5, 5.41) is 58.9. The van der Waals surface area contributed by atoms with E-state index in [1.165, 1.54) is 0 Å². The minimum absolute atomic E-state index is 0.0203. The molecule has 0 saturated carbocycles. The molecule has 3 aliphatic rings. The van der Waals surface area contributed by atoms with Gasteiger partial charge in [0.2, 0.25) is 0 Å². The molecule has 0 aromatic heterocycles. The number of rotatable bonds is 21. The third-order valence-corrected chi connectivity index (χ3v) is 15.1. The molecule has 0 bridgehead atoms. The third-order valence-electron chi connectivity index (χ3n) is 14.1. The van der Waals surface area contributed by atoms with Crippen molar-refractivity contribution < 1.29 is 73.4 Å². The number of carbonyl (C=O) groups is 3. The second kappa shape index (κ2) is 33.5. The van der Waals surface area contributed by atoms with Crippen LogP contribution in [0, 0.1) is 17.8 Å². The molecule has 3 heterocycles. The Morgan fingerprint density at radius 2 is 0.607 bits per heavy atom. The topological polar surface area (TPSA) is 228 Å². The summed E-state index contributed by atoms with van der Waals surface area (Å²) in [4.78, 5) is 31.9. The van der Waals surface area contributed by atoms with Crippen LogP contribution >= 0.6 is 34.8 Å². The van der Waals surface area contributed by atoms with Crippen molar-refractivity contribution in [3.05, 3.63) is 230 Å². The van der Waals surface area contributed by atoms with E-state index in [1.54, 1.807) is 54.6 Å². The second-order valence-electron chi connectivity index (χ2n) is 20.1. The Bertz CT molecular complexity index is 2840. The summed E-state index contributed by atoms with van der Waals surface area (Å²) in [7, 11) is 0. The van der Waals surface area contributed by atoms with Gasteiger partial charge >= 0.3 is 17.9 Å². The Balaban J connectivity index is 0.000000181. The van der Waals surface area contributed by atoms with Crippen LogP contribution in [0.25, 0.3) is 0 Å². The fraction of sp³-hybridized carbons (Fsp3) is 0.318. The summed E-state index contributed by atoms with van der Waals surface area (Å²) >= 11 is 18.9. The molecule has 0 aliphatic carbocycles. The van der Waals surface area contributed by atoms with Gasteiger partial charge in [0.25, 0.3) is 0 Å². The van der Waals surface area contributed by atoms with Crippen molar-refractivity contribution in [3.63, 3.8) is 0 Å². The molecule has 0 spiro atoms. The van der Waals surface area contributed by atoms with Crippen molar-refractivity contribution in [2.45, 2.75) is 95.0 Å². The molecule has 444 valence electrons. The normalized spacial score (nSPS) is 22.4. The first-order valence-electron chi connectivity index (χ1n) is 27.7. The molecule has 6 aromatic carbocycles. The zero-order valence-corrected chi connectivity index (χ0v) is 48.3. The Labute approximate surface area is 503 Å². The molecule has 6 aromatic rings. The van der Waals surface area contributed by atoms with Gasteiger partial charge in [0, 0.05) is 85.5 Å². The van der Waals surface area contributed by atoms with Crippen molar-refractivity contribution in [1.82, 2.24) is 0 Å². The first kappa shape index (κ1) is 64.5. The monoisotopic (exact) mass is 1210 g/mol. The summed E-state index contributed by atoms with van der Waals surface area (Å²) in [6.45, 7) is 1.29. The van der Waals surface area contributed by atoms with Gasteiger partial charge in [0.1, 0.15) is 17.2 Å². The summed E-state index contributed by atoms with van der Waals surface area (Å²) in [5.41, 5.74) is 4.35. The Hall–Kier alpha value is -7.02. The number of aromatic hydroxyl groups is 3. The first-order valence-corrected chi connectivity index (χ1v) is 28.8. The summed E-state index contributed by atoms with van der Waals surface area (Å²) < 4.78 is 36.5. The smallest absolute Gasteiger partial charge is 0.303 e. The molecule has 9 rings (SSSR count). The standard InChI is InChI=1S/3C22H23ClO5/c3*23-18-11-6-4-9-16(18)22-27-14-15(8-2-1-3-13-20(25)26)21(28-22)17-10-5-7-12-19(17)24/h3*1-2,4-7,9-12,15,21-22,24H,3,8,13-14H2,(H,25,26)/b3*2-1-/t3*15-,21+,22+/m111/s1. The average molecular weight is 1210 g/mol. The number of carboxylic acid groups (broad SMARTS) is 3. The van der Waals surface area contributed by atoms with Crippen LogP contribution in [0.4, 0.5) is 0 Å². The second-order valence-corrected chi connectivity index (χ2v) is 21.3. The van der Waals surface area contributed by atoms with Crippen LogP contribution in [-0.2, 0) is 42.8 Å². The molecule has 0 radical (unpaired) electrons. The van der Waals surface area contributed by atoms with Crippen molar-refractivity contribution in [2.24, 2.45) is 17.8 Å². The number of allylic oxidation sites excluding steroid dienone is 6. The number of carboxylic acids is 3. The lowest BCUT2D eigenvalue weighted by atomic mass is 9.91. The minimum Gasteiger partial charge on any atom is -0.508 e. The van der Waals surface area contributed by atoms with E-state index in [9.17, 15) is 29.7 Å². The van der Waals surface area contributed by atoms with Crippen LogP contribution in [0.1, 0.15) is 128 Å². The molecule has 6 N–H and O–H groups in total. The van der Waals surface area contributed by atoms with E-state index in [4.69, 9.17) is 78.5 Å². The maximum atomic E-state index is 10.6. The maximum Gasteiger partial charge on any atom is 0.303 e. The Morgan fingerprint density at radius 1 is 0.369 bits per heavy atom. The highest BCUT2D eigenvalue weighted by Crippen LogP contribution is 2.47. The van der Waals surface area contributed by atoms with E-state index in [0.29, 0.717) is 90.1 Å². The molecule has 9 atom stereocenters. The van der Waals surface area contributed by atoms with Crippen LogP contribution in [0.5, 0.6) is 17.2 Å². The molecule has 3 fully saturated rings. The predicted molar refractivity (Wildman–Crippen MR) is 319 cm³/mol. The van der Waals surface area contributed by atoms with Crippen LogP contribution in [0.3, 0.4) is 0 Å². The van der Waals surface area contributed by atoms with E-state index in [-0.39, 0.29) is 72.6 Å². The Kier molecular flexibility index (Phi) is 25.7. The molecule has 0 unspecified atom stereocenters. The first-order chi connectivity index (χ1) is 40.7. The fourth-order valence-electron chi connectivity index (χ4n) is 9.76. The average Bonchev–Trinajstić information content (AvgIpc) is 3.55. The van der Waals surface area contributed by atoms with Crippen LogP contribution in [0.15, 0.2) is 182 Å². The number of hydrogen-bond acceptors (Lipinski definition) is 12. The van der Waals surface area contributed by atoms with Crippen molar-refractivity contribution in [1.29, 1.82) is 0 Å². The highest BCUT2D eigenvalue weighted by molar-refractivity contribution is 6.32. The van der Waals surface area contributed by atoms with E-state index >= 15 is 0 Å². The third kappa shape index (κ3) is 19.3. The van der Waals surface area contributed by atoms with Gasteiger partial charge in [-0.3, -0.25) is 14.4 Å². The fourth-order valence-corrected chi connectivity index (χ4v) is 10.4. The number of phenolic OH excluding ortho intramolecular Hbond substituents is 3. The molecule has 3 saturated heterocycles. The minimum atomic E-state index is -0.816. The van der Waals surface area contributed by atoms with Gasteiger partial charge in [-0.2, -0.15) is 0 Å². The van der Waals surface area contributed by atoms with Gasteiger partial charge in [-0.15, -0.1) is 0 Å². The van der Waals surface area contributed by atoms with Crippen molar-refractivity contribution in [2.75, 3.05) is 19.8 Å². The van der Waals surface area contributed by atoms with Gasteiger partial charge in [0.05, 0.1) is 38.1 Å². The van der Waals surface area contributed by atoms with E-state index in [0.717, 1.165) is 16.7 Å². The van der Waals surface area contributed by atoms with Crippen molar-refractivity contribution in [3.8, 4) is 17.2 Å². The summed E-state index contributed by atoms with van der Waals surface area (Å²) in [6, 6.07) is 43.4. The lowest BCUT2D eigenvalue weighted by Crippen LogP contribution is -2.30. The number of phenols is 3. The van der Waals surface area contributed by atoms with Crippen LogP contribution in [0.2, 0.25) is 15.1 Å². The van der Waals surface area contributed by atoms with Gasteiger partial charge in [-0.1, -0.05) is 180 Å². The highest BCUT2D eigenvalue weighted by atomic mass is 35.5. The number of benzene rings is 6. The molecule has 84 heavy (non-hydrogen) atoms. The van der Waals surface area contributed by atoms with E-state index < -0.39 is 36.8 Å². The molecule has 18 heteroatoms. The number of para-hydroxylation sites is 3. The molecule has 3 aliphatic heterocycles. The SMILES string of the molecule is O=C(O)CC/C=C\C[C@@H]1CO[C@H](c2ccccc2Cl)O[C@@H]1c1ccccc1O.O=C(O)CC/C=C\C[C@@H]1CO[C@H](c2ccccc2Cl)O[C@@H]1c1ccccc1O.O=C(O)CC/C=C\C[C@@H]1CO[C@H](c2ccccc2Cl)O[C@@H]1c1ccccc1O. The van der Waals surface area contributed by atoms with Gasteiger partial charge in [-0.05, 0) is 74.9 Å². The lowest BCUT2D eigenvalue weighted by molar-refractivity contribution is -0.244. The Morgan fingerprint density at radius 3 is 0.845 bits per heavy atom. The highest BCUT2D eigenvalue weighted by Gasteiger charge is 2.38. The largest absolute Gasteiger partial charge is 0.508 e. The summed E-state index contributed by atoms with van der Waals surface area (Å²) in [6.07, 6.45) is 12.1. The summed E-state index contributed by atoms with van der Waals surface area (Å²) in [5.74, 6) is -1.99. The van der Waals surface area contributed by atoms with Gasteiger partial charge in [-0.25, -0.2) is 0 Å². The quantitative estimate of drug-likeness (QED) is 0.0368. The maximum absolute atomic E-state index is 10.6. The lowest BCUT2D eigenvalue weighted by Gasteiger charge is -2.37. The zero-order valence-electron chi connectivity index (χ0n) is 46.0. The zero-order chi connectivity index (χ0) is 59.8. The number of hydrogen-bond donors (Lipinski definition) is 6. The van der Waals surface area contributed by atoms with Crippen LogP contribution < -0.4 is 0 Å². The van der Waals surface area contributed by atoms with Gasteiger partial charge in [0.15, 0.2) is 18.9 Å². The van der Waals surface area contributed by atoms with Crippen molar-refractivity contribution >= 4 is 52.7 Å². The van der Waals surface area contributed by atoms with E-state index in [1.807, 2.05) is 127 Å². The molecule has 15 nitrogen and oxygen atoms in total. The predicted octanol–water partition coefficient (Wildman–Crippen LogP) is 15.8. The number of halogens is 3. The van der Waals surface area contributed by atoms with Gasteiger partial charge < -0.3 is 59.1 Å². The molecule has 0 amide bonds. The molecular weight excluding hydrogens is 1140 g/mol. The molecular formula is C66H69Cl3O15. The van der Waals surface area contributed by atoms with Crippen LogP contribution in [-0.4, -0.2) is 68.4 Å². The number of ether oxygens (including phenoxy) is 6. The number of aliphatic carboxylic acids is 3. The van der Waals surface area contributed by atoms with E-state index in [2.05, 4.69) is 0 Å².